The zero-order valence-electron chi connectivity index (χ0n) is 12.7. The lowest BCUT2D eigenvalue weighted by Gasteiger charge is -2.14. The van der Waals surface area contributed by atoms with Gasteiger partial charge in [-0.1, -0.05) is 34.6 Å². The summed E-state index contributed by atoms with van der Waals surface area (Å²) in [6, 6.07) is 0. The van der Waals surface area contributed by atoms with E-state index in [0.29, 0.717) is 18.4 Å². The van der Waals surface area contributed by atoms with Crippen LogP contribution in [0.5, 0.6) is 0 Å². The van der Waals surface area contributed by atoms with Crippen molar-refractivity contribution in [3.63, 3.8) is 0 Å². The molecule has 5 heteroatoms. The molecule has 1 rings (SSSR count). The van der Waals surface area contributed by atoms with Crippen molar-refractivity contribution in [2.45, 2.75) is 53.0 Å². The molecular formula is C14H26N4S. The lowest BCUT2D eigenvalue weighted by molar-refractivity contribution is 0.570. The number of guanidine groups is 1. The lowest BCUT2D eigenvalue weighted by atomic mass is 9.93. The maximum atomic E-state index is 5.82. The number of aromatic nitrogens is 1. The molecule has 0 saturated heterocycles. The van der Waals surface area contributed by atoms with Gasteiger partial charge in [-0.2, -0.15) is 0 Å². The van der Waals surface area contributed by atoms with E-state index in [1.54, 1.807) is 11.3 Å². The van der Waals surface area contributed by atoms with Crippen LogP contribution < -0.4 is 11.1 Å². The number of hydrogen-bond donors (Lipinski definition) is 2. The number of nitrogens with zero attached hydrogens (tertiary/aromatic N) is 2. The largest absolute Gasteiger partial charge is 0.370 e. The molecule has 1 heterocycles. The molecule has 0 unspecified atom stereocenters. The minimum Gasteiger partial charge on any atom is -0.370 e. The van der Waals surface area contributed by atoms with E-state index in [1.165, 1.54) is 0 Å². The highest BCUT2D eigenvalue weighted by Crippen LogP contribution is 2.24. The van der Waals surface area contributed by atoms with Gasteiger partial charge in [0, 0.05) is 17.3 Å². The first-order valence-corrected chi connectivity index (χ1v) is 7.65. The van der Waals surface area contributed by atoms with Crippen molar-refractivity contribution in [2.24, 2.45) is 16.6 Å². The average Bonchev–Trinajstić information content (AvgIpc) is 2.74. The summed E-state index contributed by atoms with van der Waals surface area (Å²) in [6.45, 7) is 12.3. The number of nitrogens with one attached hydrogen (secondary N) is 1. The molecule has 0 fully saturated rings. The van der Waals surface area contributed by atoms with Gasteiger partial charge in [0.25, 0.3) is 0 Å². The number of hydrogen-bond acceptors (Lipinski definition) is 3. The van der Waals surface area contributed by atoms with Gasteiger partial charge in [0.1, 0.15) is 5.01 Å². The molecule has 0 aliphatic heterocycles. The predicted molar refractivity (Wildman–Crippen MR) is 83.6 cm³/mol. The average molecular weight is 282 g/mol. The summed E-state index contributed by atoms with van der Waals surface area (Å²) in [5, 5.41) is 6.24. The monoisotopic (exact) mass is 282 g/mol. The summed E-state index contributed by atoms with van der Waals surface area (Å²) >= 11 is 1.65. The topological polar surface area (TPSA) is 63.3 Å². The van der Waals surface area contributed by atoms with Gasteiger partial charge >= 0.3 is 0 Å². The van der Waals surface area contributed by atoms with Crippen LogP contribution in [0.15, 0.2) is 10.4 Å². The third-order valence-corrected chi connectivity index (χ3v) is 3.57. The zero-order valence-corrected chi connectivity index (χ0v) is 13.5. The minimum atomic E-state index is 0.0967. The van der Waals surface area contributed by atoms with Gasteiger partial charge in [0.15, 0.2) is 5.96 Å². The summed E-state index contributed by atoms with van der Waals surface area (Å²) < 4.78 is 0. The summed E-state index contributed by atoms with van der Waals surface area (Å²) in [6.07, 6.45) is 1.10. The van der Waals surface area contributed by atoms with E-state index in [-0.39, 0.29) is 5.41 Å². The maximum absolute atomic E-state index is 5.82. The third kappa shape index (κ3) is 6.05. The summed E-state index contributed by atoms with van der Waals surface area (Å²) in [5.74, 6) is 1.18. The lowest BCUT2D eigenvalue weighted by Crippen LogP contribution is -2.32. The van der Waals surface area contributed by atoms with Crippen LogP contribution in [0, 0.1) is 5.92 Å². The van der Waals surface area contributed by atoms with Crippen LogP contribution in [-0.4, -0.2) is 17.5 Å². The molecule has 0 spiro atoms. The second-order valence-corrected chi connectivity index (χ2v) is 7.13. The normalized spacial score (nSPS) is 13.1. The van der Waals surface area contributed by atoms with Crippen molar-refractivity contribution in [3.05, 3.63) is 16.1 Å². The quantitative estimate of drug-likeness (QED) is 0.645. The Morgan fingerprint density at radius 1 is 1.47 bits per heavy atom. The molecule has 0 bridgehead atoms. The highest BCUT2D eigenvalue weighted by Gasteiger charge is 2.17. The van der Waals surface area contributed by atoms with E-state index < -0.39 is 0 Å². The van der Waals surface area contributed by atoms with Crippen molar-refractivity contribution in [1.82, 2.24) is 10.3 Å². The molecule has 1 aromatic rings. The van der Waals surface area contributed by atoms with Crippen LogP contribution in [-0.2, 0) is 12.0 Å². The molecular weight excluding hydrogens is 256 g/mol. The van der Waals surface area contributed by atoms with E-state index >= 15 is 0 Å². The Morgan fingerprint density at radius 3 is 2.68 bits per heavy atom. The summed E-state index contributed by atoms with van der Waals surface area (Å²) in [4.78, 5) is 8.91. The van der Waals surface area contributed by atoms with Gasteiger partial charge in [-0.15, -0.1) is 11.3 Å². The Labute approximate surface area is 120 Å². The molecule has 0 aliphatic rings. The molecule has 1 aromatic heterocycles. The van der Waals surface area contributed by atoms with E-state index in [4.69, 9.17) is 5.73 Å². The van der Waals surface area contributed by atoms with Gasteiger partial charge in [-0.25, -0.2) is 9.98 Å². The van der Waals surface area contributed by atoms with Crippen molar-refractivity contribution in [1.29, 1.82) is 0 Å². The molecule has 0 amide bonds. The molecule has 3 N–H and O–H groups in total. The van der Waals surface area contributed by atoms with Crippen LogP contribution in [0.3, 0.4) is 0 Å². The van der Waals surface area contributed by atoms with E-state index in [9.17, 15) is 0 Å². The molecule has 0 aliphatic carbocycles. The number of rotatable bonds is 5. The molecule has 0 saturated carbocycles. The van der Waals surface area contributed by atoms with E-state index in [1.807, 2.05) is 0 Å². The fourth-order valence-corrected chi connectivity index (χ4v) is 2.37. The Kier molecular flexibility index (Phi) is 5.79. The fraction of sp³-hybridized carbons (Fsp3) is 0.714. The predicted octanol–water partition coefficient (Wildman–Crippen LogP) is 2.89. The van der Waals surface area contributed by atoms with Gasteiger partial charge in [-0.3, -0.25) is 0 Å². The fourth-order valence-electron chi connectivity index (χ4n) is 1.43. The second kappa shape index (κ2) is 6.89. The Bertz CT molecular complexity index is 415. The second-order valence-electron chi connectivity index (χ2n) is 6.19. The number of nitrogens with two attached hydrogens (primary N) is 1. The molecule has 0 atom stereocenters. The molecule has 0 radical (unpaired) electrons. The first-order valence-electron chi connectivity index (χ1n) is 6.77. The van der Waals surface area contributed by atoms with E-state index in [0.717, 1.165) is 23.7 Å². The number of thiazole rings is 1. The van der Waals surface area contributed by atoms with Gasteiger partial charge in [0.05, 0.1) is 12.2 Å². The highest BCUT2D eigenvalue weighted by molar-refractivity contribution is 7.09. The maximum Gasteiger partial charge on any atom is 0.189 e. The van der Waals surface area contributed by atoms with Gasteiger partial charge in [0.2, 0.25) is 0 Å². The van der Waals surface area contributed by atoms with Gasteiger partial charge < -0.3 is 11.1 Å². The molecule has 4 nitrogen and oxygen atoms in total. The van der Waals surface area contributed by atoms with Gasteiger partial charge in [-0.05, 0) is 12.3 Å². The Balaban J connectivity index is 2.45. The van der Waals surface area contributed by atoms with E-state index in [2.05, 4.69) is 55.3 Å². The standard InChI is InChI=1S/C14H26N4S/c1-10(2)6-7-16-13(15)17-8-12-18-11(9-19-12)14(3,4)5/h9-10H,6-8H2,1-5H3,(H3,15,16,17). The molecule has 19 heavy (non-hydrogen) atoms. The third-order valence-electron chi connectivity index (χ3n) is 2.73. The molecule has 0 aromatic carbocycles. The van der Waals surface area contributed by atoms with Crippen molar-refractivity contribution in [3.8, 4) is 0 Å². The summed E-state index contributed by atoms with van der Waals surface area (Å²) in [7, 11) is 0. The van der Waals surface area contributed by atoms with Crippen LogP contribution in [0.1, 0.15) is 51.7 Å². The first kappa shape index (κ1) is 16.0. The van der Waals surface area contributed by atoms with Crippen LogP contribution in [0.25, 0.3) is 0 Å². The van der Waals surface area contributed by atoms with Crippen molar-refractivity contribution in [2.75, 3.05) is 6.54 Å². The summed E-state index contributed by atoms with van der Waals surface area (Å²) in [5.41, 5.74) is 7.03. The number of aliphatic imine (C=N–C) groups is 1. The minimum absolute atomic E-state index is 0.0967. The SMILES string of the molecule is CC(C)CCNC(N)=NCc1nc(C(C)(C)C)cs1. The van der Waals surface area contributed by atoms with Crippen LogP contribution in [0.2, 0.25) is 0 Å². The smallest absolute Gasteiger partial charge is 0.189 e. The van der Waals surface area contributed by atoms with Crippen LogP contribution in [0.4, 0.5) is 0 Å². The Hall–Kier alpha value is -1.10. The molecule has 108 valence electrons. The highest BCUT2D eigenvalue weighted by atomic mass is 32.1. The van der Waals surface area contributed by atoms with Crippen LogP contribution >= 0.6 is 11.3 Å². The zero-order chi connectivity index (χ0) is 14.5. The Morgan fingerprint density at radius 2 is 2.16 bits per heavy atom. The van der Waals surface area contributed by atoms with Crippen molar-refractivity contribution < 1.29 is 0 Å². The first-order chi connectivity index (χ1) is 8.79. The van der Waals surface area contributed by atoms with Crippen molar-refractivity contribution >= 4 is 17.3 Å².